The molecule has 1 aromatic rings. The summed E-state index contributed by atoms with van der Waals surface area (Å²) in [5.41, 5.74) is 2.37. The van der Waals surface area contributed by atoms with Crippen molar-refractivity contribution in [3.8, 4) is 0 Å². The second-order valence-corrected chi connectivity index (χ2v) is 6.42. The molecule has 0 atom stereocenters. The van der Waals surface area contributed by atoms with Crippen LogP contribution in [0.5, 0.6) is 0 Å². The van der Waals surface area contributed by atoms with Crippen molar-refractivity contribution in [3.05, 3.63) is 24.3 Å². The van der Waals surface area contributed by atoms with Crippen LogP contribution >= 0.6 is 0 Å². The van der Waals surface area contributed by atoms with E-state index in [0.29, 0.717) is 0 Å². The van der Waals surface area contributed by atoms with Gasteiger partial charge in [-0.1, -0.05) is 19.3 Å². The second-order valence-electron chi connectivity index (χ2n) is 6.42. The molecule has 0 aliphatic heterocycles. The molecule has 0 unspecified atom stereocenters. The number of aliphatic imine (C=N–C) groups is 1. The Hall–Kier alpha value is -2.04. The number of benzene rings is 1. The van der Waals surface area contributed by atoms with Gasteiger partial charge in [0, 0.05) is 44.8 Å². The van der Waals surface area contributed by atoms with Crippen molar-refractivity contribution in [2.24, 2.45) is 16.0 Å². The van der Waals surface area contributed by atoms with Crippen LogP contribution in [0.25, 0.3) is 0 Å². The molecule has 0 bridgehead atoms. The third-order valence-corrected chi connectivity index (χ3v) is 4.53. The van der Waals surface area contributed by atoms with E-state index in [4.69, 9.17) is 0 Å². The minimum Gasteiger partial charge on any atom is -0.385 e. The van der Waals surface area contributed by atoms with Gasteiger partial charge < -0.3 is 10.6 Å². The predicted octanol–water partition coefficient (Wildman–Crippen LogP) is 4.06. The Morgan fingerprint density at radius 3 is 2.42 bits per heavy atom. The van der Waals surface area contributed by atoms with Gasteiger partial charge >= 0.3 is 0 Å². The first-order valence-electron chi connectivity index (χ1n) is 9.05. The van der Waals surface area contributed by atoms with E-state index in [1.807, 2.05) is 0 Å². The van der Waals surface area contributed by atoms with E-state index < -0.39 is 0 Å². The molecule has 1 aromatic carbocycles. The molecular formula is C19H31N5. The third-order valence-electron chi connectivity index (χ3n) is 4.53. The van der Waals surface area contributed by atoms with Crippen LogP contribution in [0.2, 0.25) is 0 Å². The number of anilines is 2. The summed E-state index contributed by atoms with van der Waals surface area (Å²) < 4.78 is 0. The largest absolute Gasteiger partial charge is 0.385 e. The number of nitrogens with one attached hydrogen (secondary N) is 2. The summed E-state index contributed by atoms with van der Waals surface area (Å²) in [7, 11) is 1.74. The van der Waals surface area contributed by atoms with Crippen molar-refractivity contribution in [2.75, 3.05) is 37.3 Å². The number of hydrogen-bond donors (Lipinski definition) is 2. The zero-order chi connectivity index (χ0) is 17.0. The Kier molecular flexibility index (Phi) is 8.15. The van der Waals surface area contributed by atoms with Gasteiger partial charge in [-0.3, -0.25) is 10.0 Å². The lowest BCUT2D eigenvalue weighted by Crippen LogP contribution is -2.18. The summed E-state index contributed by atoms with van der Waals surface area (Å²) in [5, 5.41) is 12.7. The number of rotatable bonds is 10. The summed E-state index contributed by atoms with van der Waals surface area (Å²) in [6, 6.07) is 8.60. The lowest BCUT2D eigenvalue weighted by Gasteiger charge is -2.22. The molecule has 0 saturated heterocycles. The van der Waals surface area contributed by atoms with Crippen molar-refractivity contribution in [3.63, 3.8) is 0 Å². The van der Waals surface area contributed by atoms with Crippen molar-refractivity contribution < 1.29 is 0 Å². The van der Waals surface area contributed by atoms with Gasteiger partial charge in [0.15, 0.2) is 0 Å². The SMILES string of the molecule is C=NN(C=NC)CCCNc1ccc(NCC2CCCCC2)cc1. The van der Waals surface area contributed by atoms with Crippen LogP contribution in [0, 0.1) is 5.92 Å². The lowest BCUT2D eigenvalue weighted by atomic mass is 9.89. The normalized spacial score (nSPS) is 15.4. The molecule has 1 aliphatic carbocycles. The van der Waals surface area contributed by atoms with E-state index in [1.54, 1.807) is 18.4 Å². The molecule has 0 heterocycles. The monoisotopic (exact) mass is 329 g/mol. The van der Waals surface area contributed by atoms with Crippen LogP contribution in [0.4, 0.5) is 11.4 Å². The summed E-state index contributed by atoms with van der Waals surface area (Å²) in [6.45, 7) is 6.36. The number of hydrogen-bond acceptors (Lipinski definition) is 4. The van der Waals surface area contributed by atoms with Crippen LogP contribution in [0.1, 0.15) is 38.5 Å². The Balaban J connectivity index is 1.65. The molecule has 0 amide bonds. The zero-order valence-corrected chi connectivity index (χ0v) is 14.9. The Labute approximate surface area is 146 Å². The predicted molar refractivity (Wildman–Crippen MR) is 105 cm³/mol. The minimum atomic E-state index is 0.814. The fourth-order valence-corrected chi connectivity index (χ4v) is 3.13. The number of nitrogens with zero attached hydrogens (tertiary/aromatic N) is 3. The highest BCUT2D eigenvalue weighted by atomic mass is 15.4. The average Bonchev–Trinajstić information content (AvgIpc) is 2.64. The summed E-state index contributed by atoms with van der Waals surface area (Å²) in [5.74, 6) is 0.852. The van der Waals surface area contributed by atoms with Gasteiger partial charge in [0.05, 0.1) is 0 Å². The Morgan fingerprint density at radius 1 is 1.12 bits per heavy atom. The molecule has 5 nitrogen and oxygen atoms in total. The highest BCUT2D eigenvalue weighted by molar-refractivity contribution is 5.55. The molecule has 1 aliphatic rings. The van der Waals surface area contributed by atoms with Gasteiger partial charge in [0.25, 0.3) is 0 Å². The molecule has 1 saturated carbocycles. The third kappa shape index (κ3) is 6.60. The minimum absolute atomic E-state index is 0.814. The first-order valence-corrected chi connectivity index (χ1v) is 9.05. The van der Waals surface area contributed by atoms with E-state index in [0.717, 1.165) is 37.7 Å². The molecule has 0 radical (unpaired) electrons. The Morgan fingerprint density at radius 2 is 1.79 bits per heavy atom. The molecule has 24 heavy (non-hydrogen) atoms. The summed E-state index contributed by atoms with van der Waals surface area (Å²) in [4.78, 5) is 3.94. The summed E-state index contributed by atoms with van der Waals surface area (Å²) >= 11 is 0. The van der Waals surface area contributed by atoms with Crippen LogP contribution < -0.4 is 10.6 Å². The molecule has 1 fully saturated rings. The number of hydrazone groups is 1. The first-order chi connectivity index (χ1) is 11.8. The molecule has 2 N–H and O–H groups in total. The molecule has 2 rings (SSSR count). The van der Waals surface area contributed by atoms with Crippen LogP contribution in [0.3, 0.4) is 0 Å². The second kappa shape index (κ2) is 10.7. The Bertz CT molecular complexity index is 491. The maximum Gasteiger partial charge on any atom is 0.105 e. The zero-order valence-electron chi connectivity index (χ0n) is 14.9. The van der Waals surface area contributed by atoms with Crippen LogP contribution in [0.15, 0.2) is 34.4 Å². The maximum absolute atomic E-state index is 3.94. The van der Waals surface area contributed by atoms with E-state index in [9.17, 15) is 0 Å². The van der Waals surface area contributed by atoms with Crippen LogP contribution in [-0.2, 0) is 0 Å². The summed E-state index contributed by atoms with van der Waals surface area (Å²) in [6.07, 6.45) is 9.66. The van der Waals surface area contributed by atoms with E-state index in [-0.39, 0.29) is 0 Å². The maximum atomic E-state index is 3.94. The van der Waals surface area contributed by atoms with Crippen molar-refractivity contribution >= 4 is 24.4 Å². The smallest absolute Gasteiger partial charge is 0.105 e. The first kappa shape index (κ1) is 18.3. The molecular weight excluding hydrogens is 298 g/mol. The highest BCUT2D eigenvalue weighted by Gasteiger charge is 2.12. The van der Waals surface area contributed by atoms with Gasteiger partial charge in [-0.15, -0.1) is 0 Å². The van der Waals surface area contributed by atoms with Gasteiger partial charge in [-0.05, 0) is 49.4 Å². The fourth-order valence-electron chi connectivity index (χ4n) is 3.13. The van der Waals surface area contributed by atoms with Gasteiger partial charge in [0.2, 0.25) is 0 Å². The van der Waals surface area contributed by atoms with Crippen molar-refractivity contribution in [2.45, 2.75) is 38.5 Å². The van der Waals surface area contributed by atoms with E-state index in [2.05, 4.69) is 51.7 Å². The van der Waals surface area contributed by atoms with Gasteiger partial charge in [0.1, 0.15) is 6.34 Å². The van der Waals surface area contributed by atoms with Crippen LogP contribution in [-0.4, -0.2) is 44.7 Å². The van der Waals surface area contributed by atoms with E-state index >= 15 is 0 Å². The fraction of sp³-hybridized carbons (Fsp3) is 0.579. The highest BCUT2D eigenvalue weighted by Crippen LogP contribution is 2.24. The average molecular weight is 329 g/mol. The molecule has 0 aromatic heterocycles. The van der Waals surface area contributed by atoms with Gasteiger partial charge in [-0.2, -0.15) is 5.10 Å². The molecule has 5 heteroatoms. The van der Waals surface area contributed by atoms with Gasteiger partial charge in [-0.25, -0.2) is 0 Å². The molecule has 132 valence electrons. The standard InChI is InChI=1S/C19H31N5/c1-20-16-24(21-2)14-6-13-22-18-9-11-19(12-10-18)23-15-17-7-4-3-5-8-17/h9-12,16-17,22-23H,2-8,13-15H2,1H3. The lowest BCUT2D eigenvalue weighted by molar-refractivity contribution is 0.373. The topological polar surface area (TPSA) is 52.0 Å². The quantitative estimate of drug-likeness (QED) is 0.295. The molecule has 0 spiro atoms. The van der Waals surface area contributed by atoms with Crippen molar-refractivity contribution in [1.29, 1.82) is 0 Å². The van der Waals surface area contributed by atoms with Crippen molar-refractivity contribution in [1.82, 2.24) is 5.01 Å². The van der Waals surface area contributed by atoms with E-state index in [1.165, 1.54) is 37.8 Å².